The van der Waals surface area contributed by atoms with Crippen molar-refractivity contribution in [3.63, 3.8) is 0 Å². The molecule has 1 amide bonds. The minimum atomic E-state index is -3.22. The van der Waals surface area contributed by atoms with E-state index in [9.17, 15) is 13.2 Å². The van der Waals surface area contributed by atoms with Crippen molar-refractivity contribution in [2.45, 2.75) is 19.0 Å². The van der Waals surface area contributed by atoms with E-state index in [4.69, 9.17) is 5.73 Å². The molecule has 2 aromatic rings. The Morgan fingerprint density at radius 1 is 1.32 bits per heavy atom. The quantitative estimate of drug-likeness (QED) is 0.892. The second kappa shape index (κ2) is 6.74. The normalized spacial score (nSPS) is 18.6. The molecule has 1 aliphatic heterocycles. The molecule has 1 fully saturated rings. The highest BCUT2D eigenvalue weighted by atomic mass is 32.2. The lowest BCUT2D eigenvalue weighted by molar-refractivity contribution is 0.0740. The topological polar surface area (TPSA) is 83.7 Å². The van der Waals surface area contributed by atoms with Crippen molar-refractivity contribution in [3.8, 4) is 0 Å². The molecule has 0 aromatic heterocycles. The Kier molecular flexibility index (Phi) is 4.81. The van der Waals surface area contributed by atoms with Gasteiger partial charge in [0.25, 0.3) is 5.91 Å². The van der Waals surface area contributed by atoms with Gasteiger partial charge in [0, 0.05) is 38.3 Å². The molecular weight excluding hydrogens is 338 g/mol. The number of nitrogens with two attached hydrogens (primary N) is 1. The van der Waals surface area contributed by atoms with Crippen LogP contribution in [-0.4, -0.2) is 56.0 Å². The third-order valence-corrected chi connectivity index (χ3v) is 6.17. The zero-order valence-corrected chi connectivity index (χ0v) is 15.3. The number of likely N-dealkylation sites (N-methyl/N-ethyl adjacent to an activating group) is 1. The fourth-order valence-electron chi connectivity index (χ4n) is 3.35. The van der Waals surface area contributed by atoms with Gasteiger partial charge in [-0.3, -0.25) is 4.79 Å². The van der Waals surface area contributed by atoms with Crippen LogP contribution in [0.4, 0.5) is 0 Å². The average molecular weight is 361 g/mol. The molecule has 0 radical (unpaired) electrons. The predicted molar refractivity (Wildman–Crippen MR) is 98.8 cm³/mol. The summed E-state index contributed by atoms with van der Waals surface area (Å²) >= 11 is 0. The molecule has 6 nitrogen and oxygen atoms in total. The van der Waals surface area contributed by atoms with Crippen LogP contribution >= 0.6 is 0 Å². The Morgan fingerprint density at radius 3 is 2.72 bits per heavy atom. The molecule has 0 bridgehead atoms. The number of hydrogen-bond acceptors (Lipinski definition) is 4. The highest BCUT2D eigenvalue weighted by Gasteiger charge is 2.33. The van der Waals surface area contributed by atoms with E-state index in [0.717, 1.165) is 16.3 Å². The fourth-order valence-corrected chi connectivity index (χ4v) is 4.23. The maximum absolute atomic E-state index is 12.9. The second-order valence-corrected chi connectivity index (χ2v) is 8.52. The van der Waals surface area contributed by atoms with E-state index in [1.54, 1.807) is 11.9 Å². The number of carbonyl (C=O) groups excluding carboxylic acids is 1. The van der Waals surface area contributed by atoms with Gasteiger partial charge in [0.1, 0.15) is 0 Å². The van der Waals surface area contributed by atoms with Crippen LogP contribution in [0.25, 0.3) is 10.8 Å². The SMILES string of the molecule is CN(C(=O)c1ccc2cccc(CN)c2c1)C1CCN(S(C)(=O)=O)C1. The first-order valence-corrected chi connectivity index (χ1v) is 10.1. The standard InChI is InChI=1S/C18H23N3O3S/c1-20(16-8-9-21(12-16)25(2,23)24)18(22)14-7-6-13-4-3-5-15(11-19)17(13)10-14/h3-7,10,16H,8-9,11-12,19H2,1-2H3. The maximum atomic E-state index is 12.9. The number of amides is 1. The van der Waals surface area contributed by atoms with Gasteiger partial charge in [0.15, 0.2) is 0 Å². The van der Waals surface area contributed by atoms with Gasteiger partial charge in [-0.15, -0.1) is 0 Å². The Morgan fingerprint density at radius 2 is 2.08 bits per heavy atom. The number of carbonyl (C=O) groups is 1. The van der Waals surface area contributed by atoms with Gasteiger partial charge in [-0.25, -0.2) is 12.7 Å². The monoisotopic (exact) mass is 361 g/mol. The minimum Gasteiger partial charge on any atom is -0.337 e. The van der Waals surface area contributed by atoms with Crippen LogP contribution in [0.1, 0.15) is 22.3 Å². The van der Waals surface area contributed by atoms with Crippen molar-refractivity contribution in [2.24, 2.45) is 5.73 Å². The average Bonchev–Trinajstić information content (AvgIpc) is 3.10. The lowest BCUT2D eigenvalue weighted by atomic mass is 10.0. The number of hydrogen-bond donors (Lipinski definition) is 1. The number of benzene rings is 2. The molecular formula is C18H23N3O3S. The maximum Gasteiger partial charge on any atom is 0.253 e. The predicted octanol–water partition coefficient (Wildman–Crippen LogP) is 1.40. The Bertz CT molecular complexity index is 911. The molecule has 1 unspecified atom stereocenters. The zero-order chi connectivity index (χ0) is 18.2. The summed E-state index contributed by atoms with van der Waals surface area (Å²) in [6.07, 6.45) is 1.85. The molecule has 1 atom stereocenters. The summed E-state index contributed by atoms with van der Waals surface area (Å²) in [6.45, 7) is 1.22. The number of nitrogens with zero attached hydrogens (tertiary/aromatic N) is 2. The van der Waals surface area contributed by atoms with Crippen molar-refractivity contribution in [3.05, 3.63) is 47.5 Å². The van der Waals surface area contributed by atoms with Gasteiger partial charge < -0.3 is 10.6 Å². The van der Waals surface area contributed by atoms with E-state index in [1.165, 1.54) is 10.6 Å². The summed E-state index contributed by atoms with van der Waals surface area (Å²) in [4.78, 5) is 14.5. The first kappa shape index (κ1) is 17.8. The number of sulfonamides is 1. The lowest BCUT2D eigenvalue weighted by Crippen LogP contribution is -2.39. The van der Waals surface area contributed by atoms with Gasteiger partial charge in [-0.2, -0.15) is 0 Å². The molecule has 134 valence electrons. The Labute approximate surface area is 148 Å². The molecule has 2 aromatic carbocycles. The molecule has 0 spiro atoms. The summed E-state index contributed by atoms with van der Waals surface area (Å²) in [5.74, 6) is -0.103. The van der Waals surface area contributed by atoms with Crippen molar-refractivity contribution < 1.29 is 13.2 Å². The van der Waals surface area contributed by atoms with Crippen LogP contribution in [-0.2, 0) is 16.6 Å². The van der Waals surface area contributed by atoms with E-state index in [-0.39, 0.29) is 11.9 Å². The molecule has 7 heteroatoms. The molecule has 1 saturated heterocycles. The van der Waals surface area contributed by atoms with Crippen molar-refractivity contribution >= 4 is 26.7 Å². The van der Waals surface area contributed by atoms with E-state index in [2.05, 4.69) is 0 Å². The fraction of sp³-hybridized carbons (Fsp3) is 0.389. The Balaban J connectivity index is 1.84. The summed E-state index contributed by atoms with van der Waals surface area (Å²) in [5, 5.41) is 2.03. The number of fused-ring (bicyclic) bond motifs is 1. The largest absolute Gasteiger partial charge is 0.337 e. The van der Waals surface area contributed by atoms with Crippen LogP contribution in [0.5, 0.6) is 0 Å². The van der Waals surface area contributed by atoms with Gasteiger partial charge in [-0.05, 0) is 34.9 Å². The third-order valence-electron chi connectivity index (χ3n) is 4.90. The minimum absolute atomic E-state index is 0.103. The molecule has 3 rings (SSSR count). The summed E-state index contributed by atoms with van der Waals surface area (Å²) in [6, 6.07) is 11.4. The van der Waals surface area contributed by atoms with Gasteiger partial charge >= 0.3 is 0 Å². The van der Waals surface area contributed by atoms with E-state index >= 15 is 0 Å². The highest BCUT2D eigenvalue weighted by molar-refractivity contribution is 7.88. The Hall–Kier alpha value is -1.96. The second-order valence-electron chi connectivity index (χ2n) is 6.54. The van der Waals surface area contributed by atoms with Gasteiger partial charge in [-0.1, -0.05) is 24.3 Å². The molecule has 1 aliphatic rings. The summed E-state index contributed by atoms with van der Waals surface area (Å²) < 4.78 is 24.8. The first-order valence-electron chi connectivity index (χ1n) is 8.25. The summed E-state index contributed by atoms with van der Waals surface area (Å²) in [7, 11) is -1.48. The van der Waals surface area contributed by atoms with Crippen LogP contribution in [0.3, 0.4) is 0 Å². The summed E-state index contributed by atoms with van der Waals surface area (Å²) in [5.41, 5.74) is 7.39. The van der Waals surface area contributed by atoms with Crippen molar-refractivity contribution in [1.82, 2.24) is 9.21 Å². The molecule has 0 saturated carbocycles. The van der Waals surface area contributed by atoms with E-state index in [1.807, 2.05) is 36.4 Å². The number of rotatable bonds is 4. The smallest absolute Gasteiger partial charge is 0.253 e. The molecule has 0 aliphatic carbocycles. The molecule has 1 heterocycles. The van der Waals surface area contributed by atoms with Gasteiger partial charge in [0.05, 0.1) is 6.26 Å². The third kappa shape index (κ3) is 3.53. The van der Waals surface area contributed by atoms with Crippen LogP contribution < -0.4 is 5.73 Å². The van der Waals surface area contributed by atoms with E-state index in [0.29, 0.717) is 31.6 Å². The van der Waals surface area contributed by atoms with Crippen LogP contribution in [0, 0.1) is 0 Å². The first-order chi connectivity index (χ1) is 11.8. The van der Waals surface area contributed by atoms with Gasteiger partial charge in [0.2, 0.25) is 10.0 Å². The highest BCUT2D eigenvalue weighted by Crippen LogP contribution is 2.23. The zero-order valence-electron chi connectivity index (χ0n) is 14.5. The van der Waals surface area contributed by atoms with Crippen LogP contribution in [0.15, 0.2) is 36.4 Å². The van der Waals surface area contributed by atoms with Crippen molar-refractivity contribution in [1.29, 1.82) is 0 Å². The molecule has 2 N–H and O–H groups in total. The molecule has 25 heavy (non-hydrogen) atoms. The van der Waals surface area contributed by atoms with Crippen molar-refractivity contribution in [2.75, 3.05) is 26.4 Å². The lowest BCUT2D eigenvalue weighted by Gasteiger charge is -2.25. The van der Waals surface area contributed by atoms with E-state index < -0.39 is 10.0 Å². The van der Waals surface area contributed by atoms with Crippen LogP contribution in [0.2, 0.25) is 0 Å².